The molecular weight excluding hydrogens is 324 g/mol. The molecule has 0 aliphatic heterocycles. The van der Waals surface area contributed by atoms with Crippen LogP contribution < -0.4 is 5.73 Å². The van der Waals surface area contributed by atoms with E-state index in [1.165, 1.54) is 11.8 Å². The highest BCUT2D eigenvalue weighted by Gasteiger charge is 2.10. The number of aromatic nitrogens is 3. The van der Waals surface area contributed by atoms with Crippen LogP contribution in [-0.4, -0.2) is 27.2 Å². The molecule has 7 heteroatoms. The third-order valence-corrected chi connectivity index (χ3v) is 4.38. The Morgan fingerprint density at radius 3 is 3.00 bits per heavy atom. The molecule has 0 fully saturated rings. The van der Waals surface area contributed by atoms with Gasteiger partial charge in [-0.05, 0) is 36.2 Å². The summed E-state index contributed by atoms with van der Waals surface area (Å²) in [5.74, 6) is 0.384. The number of anilines is 1. The van der Waals surface area contributed by atoms with Crippen LogP contribution in [0.3, 0.4) is 0 Å². The highest BCUT2D eigenvalue weighted by atomic mass is 32.2. The molecule has 0 bridgehead atoms. The molecule has 2 N–H and O–H groups in total. The standard InChI is InChI=1S/C17H18N4O2S/c1-2-8-23-16(22)13-5-3-4-12(9-13)11-24-17-20-19-15-7-6-14(18)10-21(15)17/h3-7,9-10H,2,8,11,18H2,1H3. The molecule has 0 saturated carbocycles. The summed E-state index contributed by atoms with van der Waals surface area (Å²) < 4.78 is 7.03. The van der Waals surface area contributed by atoms with Crippen LogP contribution in [0.25, 0.3) is 5.65 Å². The van der Waals surface area contributed by atoms with Gasteiger partial charge in [-0.15, -0.1) is 10.2 Å². The van der Waals surface area contributed by atoms with E-state index < -0.39 is 0 Å². The van der Waals surface area contributed by atoms with Crippen molar-refractivity contribution in [3.63, 3.8) is 0 Å². The molecule has 0 radical (unpaired) electrons. The normalized spacial score (nSPS) is 10.9. The molecule has 2 heterocycles. The van der Waals surface area contributed by atoms with E-state index in [0.717, 1.165) is 22.8 Å². The fraction of sp³-hybridized carbons (Fsp3) is 0.235. The van der Waals surface area contributed by atoms with E-state index in [4.69, 9.17) is 10.5 Å². The number of nitrogens with two attached hydrogens (primary N) is 1. The first-order valence-electron chi connectivity index (χ1n) is 7.66. The van der Waals surface area contributed by atoms with Gasteiger partial charge in [0.1, 0.15) is 0 Å². The van der Waals surface area contributed by atoms with Crippen LogP contribution in [0.15, 0.2) is 47.8 Å². The van der Waals surface area contributed by atoms with Gasteiger partial charge >= 0.3 is 5.97 Å². The number of nitrogens with zero attached hydrogens (tertiary/aromatic N) is 3. The summed E-state index contributed by atoms with van der Waals surface area (Å²) in [7, 11) is 0. The summed E-state index contributed by atoms with van der Waals surface area (Å²) in [6.45, 7) is 2.40. The van der Waals surface area contributed by atoms with Gasteiger partial charge in [-0.3, -0.25) is 4.40 Å². The fourth-order valence-electron chi connectivity index (χ4n) is 2.20. The Balaban J connectivity index is 1.72. The molecule has 0 aliphatic rings. The zero-order valence-electron chi connectivity index (χ0n) is 13.3. The van der Waals surface area contributed by atoms with Gasteiger partial charge in [-0.1, -0.05) is 30.8 Å². The van der Waals surface area contributed by atoms with E-state index >= 15 is 0 Å². The lowest BCUT2D eigenvalue weighted by Crippen LogP contribution is -2.06. The summed E-state index contributed by atoms with van der Waals surface area (Å²) in [5, 5.41) is 9.05. The van der Waals surface area contributed by atoms with Gasteiger partial charge in [0.05, 0.1) is 12.2 Å². The summed E-state index contributed by atoms with van der Waals surface area (Å²) >= 11 is 1.54. The van der Waals surface area contributed by atoms with Crippen molar-refractivity contribution in [3.8, 4) is 0 Å². The quantitative estimate of drug-likeness (QED) is 0.547. The van der Waals surface area contributed by atoms with Crippen molar-refractivity contribution in [2.45, 2.75) is 24.3 Å². The Morgan fingerprint density at radius 2 is 2.17 bits per heavy atom. The molecule has 1 aromatic carbocycles. The second-order valence-corrected chi connectivity index (χ2v) is 6.24. The molecule has 0 saturated heterocycles. The molecule has 3 aromatic rings. The van der Waals surface area contributed by atoms with Crippen molar-refractivity contribution in [2.24, 2.45) is 0 Å². The lowest BCUT2D eigenvalue weighted by atomic mass is 10.1. The maximum atomic E-state index is 11.9. The number of fused-ring (bicyclic) bond motifs is 1. The smallest absolute Gasteiger partial charge is 0.338 e. The first-order chi connectivity index (χ1) is 11.7. The van der Waals surface area contributed by atoms with Crippen LogP contribution in [0.1, 0.15) is 29.3 Å². The molecular formula is C17H18N4O2S. The number of hydrogen-bond acceptors (Lipinski definition) is 6. The summed E-state index contributed by atoms with van der Waals surface area (Å²) in [6.07, 6.45) is 2.61. The number of carbonyl (C=O) groups excluding carboxylic acids is 1. The Kier molecular flexibility index (Phi) is 5.00. The maximum absolute atomic E-state index is 11.9. The fourth-order valence-corrected chi connectivity index (χ4v) is 3.06. The second-order valence-electron chi connectivity index (χ2n) is 5.30. The zero-order valence-corrected chi connectivity index (χ0v) is 14.1. The third-order valence-electron chi connectivity index (χ3n) is 3.36. The second kappa shape index (κ2) is 7.35. The van der Waals surface area contributed by atoms with Gasteiger partial charge in [0, 0.05) is 17.6 Å². The van der Waals surface area contributed by atoms with E-state index in [1.807, 2.05) is 35.6 Å². The SMILES string of the molecule is CCCOC(=O)c1cccc(CSc2nnc3ccc(N)cn23)c1. The number of esters is 1. The monoisotopic (exact) mass is 342 g/mol. The van der Waals surface area contributed by atoms with Crippen LogP contribution in [-0.2, 0) is 10.5 Å². The van der Waals surface area contributed by atoms with E-state index in [1.54, 1.807) is 18.3 Å². The number of carbonyl (C=O) groups is 1. The molecule has 3 rings (SSSR count). The number of pyridine rings is 1. The highest BCUT2D eigenvalue weighted by molar-refractivity contribution is 7.98. The van der Waals surface area contributed by atoms with E-state index in [2.05, 4.69) is 10.2 Å². The molecule has 24 heavy (non-hydrogen) atoms. The van der Waals surface area contributed by atoms with E-state index in [0.29, 0.717) is 23.6 Å². The summed E-state index contributed by atoms with van der Waals surface area (Å²) in [5.41, 5.74) is 8.81. The number of ether oxygens (including phenoxy) is 1. The topological polar surface area (TPSA) is 82.5 Å². The first kappa shape index (κ1) is 16.3. The summed E-state index contributed by atoms with van der Waals surface area (Å²) in [4.78, 5) is 11.9. The molecule has 0 atom stereocenters. The largest absolute Gasteiger partial charge is 0.462 e. The van der Waals surface area contributed by atoms with Crippen LogP contribution in [0.5, 0.6) is 0 Å². The highest BCUT2D eigenvalue weighted by Crippen LogP contribution is 2.23. The zero-order chi connectivity index (χ0) is 16.9. The van der Waals surface area contributed by atoms with E-state index in [-0.39, 0.29) is 5.97 Å². The van der Waals surface area contributed by atoms with Crippen LogP contribution in [0.4, 0.5) is 5.69 Å². The molecule has 0 aliphatic carbocycles. The lowest BCUT2D eigenvalue weighted by Gasteiger charge is -2.05. The Bertz CT molecular complexity index is 863. The minimum Gasteiger partial charge on any atom is -0.462 e. The van der Waals surface area contributed by atoms with Crippen molar-refractivity contribution in [1.82, 2.24) is 14.6 Å². The minimum atomic E-state index is -0.288. The average molecular weight is 342 g/mol. The van der Waals surface area contributed by atoms with E-state index in [9.17, 15) is 4.79 Å². The van der Waals surface area contributed by atoms with Crippen LogP contribution in [0, 0.1) is 0 Å². The molecule has 0 spiro atoms. The Hall–Kier alpha value is -2.54. The predicted octanol–water partition coefficient (Wildman–Crippen LogP) is 3.17. The first-order valence-corrected chi connectivity index (χ1v) is 8.65. The van der Waals surface area contributed by atoms with Crippen LogP contribution >= 0.6 is 11.8 Å². The average Bonchev–Trinajstić information content (AvgIpc) is 3.00. The van der Waals surface area contributed by atoms with Gasteiger partial charge in [-0.2, -0.15) is 0 Å². The number of rotatable bonds is 6. The Labute approximate surface area is 144 Å². The number of thioether (sulfide) groups is 1. The molecule has 124 valence electrons. The van der Waals surface area contributed by atoms with Gasteiger partial charge < -0.3 is 10.5 Å². The van der Waals surface area contributed by atoms with Crippen molar-refractivity contribution in [2.75, 3.05) is 12.3 Å². The predicted molar refractivity (Wildman–Crippen MR) is 94.0 cm³/mol. The molecule has 2 aromatic heterocycles. The number of nitrogen functional groups attached to an aromatic ring is 1. The Morgan fingerprint density at radius 1 is 1.29 bits per heavy atom. The maximum Gasteiger partial charge on any atom is 0.338 e. The molecule has 0 unspecified atom stereocenters. The molecule has 6 nitrogen and oxygen atoms in total. The van der Waals surface area contributed by atoms with Crippen molar-refractivity contribution in [1.29, 1.82) is 0 Å². The summed E-state index contributed by atoms with van der Waals surface area (Å²) in [6, 6.07) is 11.1. The number of hydrogen-bond donors (Lipinski definition) is 1. The molecule has 0 amide bonds. The van der Waals surface area contributed by atoms with Gasteiger partial charge in [0.15, 0.2) is 10.8 Å². The van der Waals surface area contributed by atoms with Crippen molar-refractivity contribution < 1.29 is 9.53 Å². The van der Waals surface area contributed by atoms with Crippen molar-refractivity contribution >= 4 is 29.1 Å². The number of benzene rings is 1. The van der Waals surface area contributed by atoms with Crippen LogP contribution in [0.2, 0.25) is 0 Å². The van der Waals surface area contributed by atoms with Gasteiger partial charge in [0.2, 0.25) is 0 Å². The lowest BCUT2D eigenvalue weighted by molar-refractivity contribution is 0.0505. The third kappa shape index (κ3) is 3.68. The van der Waals surface area contributed by atoms with Gasteiger partial charge in [-0.25, -0.2) is 4.79 Å². The van der Waals surface area contributed by atoms with Gasteiger partial charge in [0.25, 0.3) is 0 Å². The van der Waals surface area contributed by atoms with Crippen molar-refractivity contribution in [3.05, 3.63) is 53.7 Å². The minimum absolute atomic E-state index is 0.288.